The SMILES string of the molecule is CC1(CN(C[C@H]2CN(S(=O)(=O)C3=CC=CCC3=S)CCN2c2ccc([C@](C)(O)C(F)(F)F)cc2)S(C)(=O)=O)COC1. The van der Waals surface area contributed by atoms with Crippen molar-refractivity contribution in [2.45, 2.75) is 38.1 Å². The smallest absolute Gasteiger partial charge is 0.380 e. The summed E-state index contributed by atoms with van der Waals surface area (Å²) < 4.78 is 101. The number of anilines is 1. The number of aliphatic hydroxyl groups is 1. The highest BCUT2D eigenvalue weighted by atomic mass is 32.2. The molecule has 0 bridgehead atoms. The molecule has 0 radical (unpaired) electrons. The number of alkyl halides is 3. The molecule has 4 rings (SSSR count). The molecule has 2 fully saturated rings. The summed E-state index contributed by atoms with van der Waals surface area (Å²) in [5, 5.41) is 10.1. The van der Waals surface area contributed by atoms with Gasteiger partial charge in [0, 0.05) is 55.1 Å². The monoisotopic (exact) mass is 637 g/mol. The number of allylic oxidation sites excluding steroid dienone is 4. The van der Waals surface area contributed by atoms with Crippen LogP contribution in [0.25, 0.3) is 0 Å². The lowest BCUT2D eigenvalue weighted by Crippen LogP contribution is -2.60. The Morgan fingerprint density at radius 2 is 1.78 bits per heavy atom. The fourth-order valence-corrected chi connectivity index (χ4v) is 8.15. The second-order valence-corrected chi connectivity index (χ2v) is 15.7. The average Bonchev–Trinajstić information content (AvgIpc) is 2.86. The van der Waals surface area contributed by atoms with Crippen molar-refractivity contribution in [2.75, 3.05) is 57.1 Å². The lowest BCUT2D eigenvalue weighted by atomic mass is 9.88. The molecular weight excluding hydrogens is 603 g/mol. The number of rotatable bonds is 9. The fourth-order valence-electron chi connectivity index (χ4n) is 5.10. The minimum absolute atomic E-state index is 0.0278. The topological polar surface area (TPSA) is 107 Å². The molecule has 3 aliphatic rings. The fraction of sp³-hybridized carbons (Fsp3) is 0.577. The molecular formula is C26H34F3N3O6S3. The van der Waals surface area contributed by atoms with E-state index in [1.807, 2.05) is 6.92 Å². The first-order valence-electron chi connectivity index (χ1n) is 12.9. The lowest BCUT2D eigenvalue weighted by molar-refractivity contribution is -0.258. The van der Waals surface area contributed by atoms with Crippen LogP contribution in [0.2, 0.25) is 0 Å². The number of benzene rings is 1. The van der Waals surface area contributed by atoms with Crippen molar-refractivity contribution in [3.63, 3.8) is 0 Å². The van der Waals surface area contributed by atoms with E-state index in [0.717, 1.165) is 6.26 Å². The molecule has 1 aromatic rings. The van der Waals surface area contributed by atoms with Gasteiger partial charge in [-0.15, -0.1) is 0 Å². The Hall–Kier alpha value is -1.88. The minimum atomic E-state index is -4.89. The zero-order valence-corrected chi connectivity index (χ0v) is 25.4. The van der Waals surface area contributed by atoms with Crippen LogP contribution in [0.4, 0.5) is 18.9 Å². The Labute approximate surface area is 244 Å². The molecule has 2 saturated heterocycles. The molecule has 1 aromatic carbocycles. The zero-order valence-electron chi connectivity index (χ0n) is 23.0. The normalized spacial score (nSPS) is 23.7. The van der Waals surface area contributed by atoms with Crippen LogP contribution in [0.5, 0.6) is 0 Å². The lowest BCUT2D eigenvalue weighted by Gasteiger charge is -2.46. The second kappa shape index (κ2) is 11.3. The van der Waals surface area contributed by atoms with Gasteiger partial charge in [0.1, 0.15) is 0 Å². The number of piperazine rings is 1. The van der Waals surface area contributed by atoms with Gasteiger partial charge in [0.15, 0.2) is 5.60 Å². The Bertz CT molecular complexity index is 1440. The summed E-state index contributed by atoms with van der Waals surface area (Å²) in [4.78, 5) is 2.11. The summed E-state index contributed by atoms with van der Waals surface area (Å²) in [7, 11) is -7.71. The second-order valence-electron chi connectivity index (χ2n) is 11.3. The highest BCUT2D eigenvalue weighted by molar-refractivity contribution is 7.96. The molecule has 0 spiro atoms. The van der Waals surface area contributed by atoms with Gasteiger partial charge in [0.05, 0.1) is 30.4 Å². The summed E-state index contributed by atoms with van der Waals surface area (Å²) in [6.07, 6.45) is 1.35. The number of hydrogen-bond acceptors (Lipinski definition) is 8. The van der Waals surface area contributed by atoms with Crippen LogP contribution < -0.4 is 4.90 Å². The van der Waals surface area contributed by atoms with Crippen molar-refractivity contribution in [3.05, 3.63) is 53.0 Å². The number of thiocarbonyl (C=S) groups is 1. The molecule has 1 N–H and O–H groups in total. The predicted octanol–water partition coefficient (Wildman–Crippen LogP) is 2.79. The Balaban J connectivity index is 1.67. The predicted molar refractivity (Wildman–Crippen MR) is 153 cm³/mol. The van der Waals surface area contributed by atoms with Gasteiger partial charge in [0.25, 0.3) is 0 Å². The van der Waals surface area contributed by atoms with Gasteiger partial charge in [0.2, 0.25) is 20.0 Å². The van der Waals surface area contributed by atoms with E-state index in [9.17, 15) is 35.1 Å². The van der Waals surface area contributed by atoms with Crippen molar-refractivity contribution in [2.24, 2.45) is 5.41 Å². The van der Waals surface area contributed by atoms with Gasteiger partial charge in [-0.2, -0.15) is 21.8 Å². The molecule has 0 unspecified atom stereocenters. The van der Waals surface area contributed by atoms with Gasteiger partial charge < -0.3 is 14.7 Å². The van der Waals surface area contributed by atoms with Gasteiger partial charge in [-0.1, -0.05) is 43.4 Å². The summed E-state index contributed by atoms with van der Waals surface area (Å²) in [6, 6.07) is 4.49. The molecule has 9 nitrogen and oxygen atoms in total. The Morgan fingerprint density at radius 1 is 1.15 bits per heavy atom. The highest BCUT2D eigenvalue weighted by Gasteiger charge is 2.51. The summed E-state index contributed by atoms with van der Waals surface area (Å²) in [5.74, 6) is 0. The molecule has 0 amide bonds. The highest BCUT2D eigenvalue weighted by Crippen LogP contribution is 2.39. The van der Waals surface area contributed by atoms with Crippen molar-refractivity contribution < 1.29 is 39.9 Å². The molecule has 0 saturated carbocycles. The van der Waals surface area contributed by atoms with E-state index in [-0.39, 0.29) is 48.1 Å². The third kappa shape index (κ3) is 6.71. The Kier molecular flexibility index (Phi) is 8.85. The van der Waals surface area contributed by atoms with E-state index < -0.39 is 43.3 Å². The summed E-state index contributed by atoms with van der Waals surface area (Å²) in [6.45, 7) is 3.56. The van der Waals surface area contributed by atoms with Crippen LogP contribution in [0, 0.1) is 5.41 Å². The molecule has 0 aromatic heterocycles. The van der Waals surface area contributed by atoms with E-state index in [1.165, 1.54) is 39.0 Å². The van der Waals surface area contributed by atoms with Crippen LogP contribution in [0.1, 0.15) is 25.8 Å². The quantitative estimate of drug-likeness (QED) is 0.412. The maximum Gasteiger partial charge on any atom is 0.421 e. The first-order valence-corrected chi connectivity index (χ1v) is 16.6. The van der Waals surface area contributed by atoms with E-state index in [1.54, 1.807) is 17.1 Å². The van der Waals surface area contributed by atoms with Crippen LogP contribution >= 0.6 is 12.2 Å². The number of halogens is 3. The summed E-state index contributed by atoms with van der Waals surface area (Å²) in [5.41, 5.74) is -3.35. The third-order valence-corrected chi connectivity index (χ3v) is 11.4. The third-order valence-electron chi connectivity index (χ3n) is 7.68. The average molecular weight is 638 g/mol. The van der Waals surface area contributed by atoms with Crippen molar-refractivity contribution in [1.29, 1.82) is 0 Å². The van der Waals surface area contributed by atoms with Gasteiger partial charge in [-0.25, -0.2) is 16.8 Å². The van der Waals surface area contributed by atoms with E-state index in [2.05, 4.69) is 0 Å². The largest absolute Gasteiger partial charge is 0.421 e. The van der Waals surface area contributed by atoms with Gasteiger partial charge in [-0.3, -0.25) is 0 Å². The first kappa shape index (κ1) is 32.0. The number of hydrogen-bond donors (Lipinski definition) is 1. The minimum Gasteiger partial charge on any atom is -0.380 e. The molecule has 2 atom stereocenters. The zero-order chi connectivity index (χ0) is 30.4. The number of nitrogens with zero attached hydrogens (tertiary/aromatic N) is 3. The van der Waals surface area contributed by atoms with Crippen LogP contribution in [0.15, 0.2) is 47.4 Å². The van der Waals surface area contributed by atoms with Crippen molar-refractivity contribution in [1.82, 2.24) is 8.61 Å². The number of sulfonamides is 2. The maximum atomic E-state index is 13.6. The van der Waals surface area contributed by atoms with E-state index in [0.29, 0.717) is 32.2 Å². The van der Waals surface area contributed by atoms with Crippen molar-refractivity contribution >= 4 is 42.8 Å². The standard InChI is InChI=1S/C26H34F3N3O6S3/c1-24(17-38-18-24)16-31(40(3,34)35)15-21-14-30(41(36,37)23-7-5-4-6-22(23)39)12-13-32(21)20-10-8-19(9-11-20)25(2,33)26(27,28)29/h4-5,7-11,21,33H,6,12-18H2,1-3H3/t21-,25+/m1/s1. The molecule has 2 aliphatic heterocycles. The Morgan fingerprint density at radius 3 is 2.29 bits per heavy atom. The van der Waals surface area contributed by atoms with Crippen LogP contribution in [-0.2, 0) is 30.4 Å². The maximum absolute atomic E-state index is 13.6. The molecule has 1 aliphatic carbocycles. The molecule has 15 heteroatoms. The summed E-state index contributed by atoms with van der Waals surface area (Å²) >= 11 is 5.30. The van der Waals surface area contributed by atoms with Crippen LogP contribution in [-0.4, -0.2) is 99.8 Å². The van der Waals surface area contributed by atoms with Crippen molar-refractivity contribution in [3.8, 4) is 0 Å². The molecule has 41 heavy (non-hydrogen) atoms. The first-order chi connectivity index (χ1) is 18.8. The van der Waals surface area contributed by atoms with Gasteiger partial charge in [-0.05, 0) is 30.7 Å². The van der Waals surface area contributed by atoms with E-state index in [4.69, 9.17) is 17.0 Å². The van der Waals surface area contributed by atoms with E-state index >= 15 is 0 Å². The van der Waals surface area contributed by atoms with Crippen LogP contribution in [0.3, 0.4) is 0 Å². The number of ether oxygens (including phenoxy) is 1. The van der Waals surface area contributed by atoms with Gasteiger partial charge >= 0.3 is 6.18 Å². The molecule has 2 heterocycles. The molecule has 228 valence electrons.